The van der Waals surface area contributed by atoms with Crippen molar-refractivity contribution in [3.8, 4) is 0 Å². The molecule has 5 nitrogen and oxygen atoms in total. The minimum absolute atomic E-state index is 0.172. The van der Waals surface area contributed by atoms with Crippen molar-refractivity contribution in [3.63, 3.8) is 0 Å². The topological polar surface area (TPSA) is 61.4 Å². The van der Waals surface area contributed by atoms with E-state index in [4.69, 9.17) is 0 Å². The molecule has 0 aromatic carbocycles. The van der Waals surface area contributed by atoms with E-state index in [0.717, 1.165) is 0 Å². The number of amides is 2. The first-order valence-electron chi connectivity index (χ1n) is 6.02. The monoisotopic (exact) mass is 303 g/mol. The lowest BCUT2D eigenvalue weighted by molar-refractivity contribution is 0.234. The Morgan fingerprint density at radius 1 is 1.47 bits per heavy atom. The molecule has 1 aromatic heterocycles. The van der Waals surface area contributed by atoms with Gasteiger partial charge in [-0.15, -0.1) is 11.3 Å². The summed E-state index contributed by atoms with van der Waals surface area (Å²) in [5.41, 5.74) is 0. The van der Waals surface area contributed by atoms with Crippen LogP contribution in [0.5, 0.6) is 0 Å². The van der Waals surface area contributed by atoms with Crippen LogP contribution in [0, 0.1) is 0 Å². The van der Waals surface area contributed by atoms with E-state index in [1.54, 1.807) is 17.6 Å². The van der Waals surface area contributed by atoms with Gasteiger partial charge in [0, 0.05) is 40.8 Å². The average molecular weight is 303 g/mol. The first kappa shape index (κ1) is 16.1. The van der Waals surface area contributed by atoms with Gasteiger partial charge in [0.2, 0.25) is 0 Å². The van der Waals surface area contributed by atoms with Crippen LogP contribution in [0.1, 0.15) is 10.9 Å². The zero-order valence-electron chi connectivity index (χ0n) is 11.5. The molecule has 0 aliphatic carbocycles. The van der Waals surface area contributed by atoms with Gasteiger partial charge < -0.3 is 15.5 Å². The number of rotatable bonds is 7. The van der Waals surface area contributed by atoms with Crippen LogP contribution < -0.4 is 10.6 Å². The normalized spacial score (nSPS) is 14.1. The van der Waals surface area contributed by atoms with Crippen LogP contribution in [-0.4, -0.2) is 54.3 Å². The van der Waals surface area contributed by atoms with Gasteiger partial charge in [-0.05, 0) is 25.5 Å². The smallest absolute Gasteiger partial charge is 0.314 e. The van der Waals surface area contributed by atoms with E-state index < -0.39 is 10.8 Å². The predicted octanol–water partition coefficient (Wildman–Crippen LogP) is 1.03. The van der Waals surface area contributed by atoms with Crippen molar-refractivity contribution in [1.29, 1.82) is 0 Å². The number of nitrogens with zero attached hydrogens (tertiary/aromatic N) is 1. The molecule has 2 N–H and O–H groups in total. The molecule has 0 aliphatic rings. The van der Waals surface area contributed by atoms with Gasteiger partial charge in [0.1, 0.15) is 0 Å². The summed E-state index contributed by atoms with van der Waals surface area (Å²) in [4.78, 5) is 14.9. The molecule has 0 fully saturated rings. The van der Waals surface area contributed by atoms with Gasteiger partial charge in [-0.3, -0.25) is 4.21 Å². The maximum Gasteiger partial charge on any atom is 0.314 e. The van der Waals surface area contributed by atoms with E-state index in [1.165, 1.54) is 4.88 Å². The molecule has 2 atom stereocenters. The van der Waals surface area contributed by atoms with Gasteiger partial charge in [-0.2, -0.15) is 0 Å². The third-order valence-corrected chi connectivity index (χ3v) is 4.38. The van der Waals surface area contributed by atoms with Gasteiger partial charge in [0.05, 0.1) is 6.04 Å². The summed E-state index contributed by atoms with van der Waals surface area (Å²) in [6.45, 7) is 0.981. The molecule has 108 valence electrons. The van der Waals surface area contributed by atoms with Crippen LogP contribution in [0.3, 0.4) is 0 Å². The highest BCUT2D eigenvalue weighted by molar-refractivity contribution is 7.84. The van der Waals surface area contributed by atoms with Crippen LogP contribution in [0.2, 0.25) is 0 Å². The highest BCUT2D eigenvalue weighted by atomic mass is 32.2. The van der Waals surface area contributed by atoms with Gasteiger partial charge in [-0.25, -0.2) is 4.79 Å². The average Bonchev–Trinajstić information content (AvgIpc) is 2.82. The number of nitrogens with one attached hydrogen (secondary N) is 2. The fraction of sp³-hybridized carbons (Fsp3) is 0.583. The maximum absolute atomic E-state index is 11.6. The summed E-state index contributed by atoms with van der Waals surface area (Å²) in [6, 6.07) is 4.03. The zero-order chi connectivity index (χ0) is 14.3. The van der Waals surface area contributed by atoms with Crippen molar-refractivity contribution >= 4 is 28.2 Å². The highest BCUT2D eigenvalue weighted by Gasteiger charge is 2.15. The molecule has 1 rings (SSSR count). The van der Waals surface area contributed by atoms with Crippen LogP contribution in [0.4, 0.5) is 4.79 Å². The SMILES string of the molecule is CN(C)C(CNC(=O)NCCS(C)=O)c1cccs1. The molecule has 2 unspecified atom stereocenters. The third-order valence-electron chi connectivity index (χ3n) is 2.63. The molecule has 19 heavy (non-hydrogen) atoms. The van der Waals surface area contributed by atoms with Crippen LogP contribution in [0.25, 0.3) is 0 Å². The van der Waals surface area contributed by atoms with E-state index in [0.29, 0.717) is 18.8 Å². The lowest BCUT2D eigenvalue weighted by Crippen LogP contribution is -2.41. The summed E-state index contributed by atoms with van der Waals surface area (Å²) in [7, 11) is 3.11. The summed E-state index contributed by atoms with van der Waals surface area (Å²) in [6.07, 6.45) is 1.62. The first-order valence-corrected chi connectivity index (χ1v) is 8.63. The Morgan fingerprint density at radius 2 is 2.21 bits per heavy atom. The van der Waals surface area contributed by atoms with Crippen molar-refractivity contribution < 1.29 is 9.00 Å². The maximum atomic E-state index is 11.6. The molecule has 2 amide bonds. The van der Waals surface area contributed by atoms with E-state index in [2.05, 4.69) is 21.6 Å². The summed E-state index contributed by atoms with van der Waals surface area (Å²) >= 11 is 1.68. The number of hydrogen-bond acceptors (Lipinski definition) is 4. The second-order valence-electron chi connectivity index (χ2n) is 4.41. The minimum atomic E-state index is -0.875. The predicted molar refractivity (Wildman–Crippen MR) is 81.1 cm³/mol. The van der Waals surface area contributed by atoms with Gasteiger partial charge in [-0.1, -0.05) is 6.07 Å². The first-order chi connectivity index (χ1) is 9.00. The second-order valence-corrected chi connectivity index (χ2v) is 6.94. The summed E-state index contributed by atoms with van der Waals surface area (Å²) < 4.78 is 10.9. The molecule has 7 heteroatoms. The summed E-state index contributed by atoms with van der Waals surface area (Å²) in [5, 5.41) is 7.57. The molecular weight excluding hydrogens is 282 g/mol. The molecule has 1 aromatic rings. The highest BCUT2D eigenvalue weighted by Crippen LogP contribution is 2.22. The lowest BCUT2D eigenvalue weighted by Gasteiger charge is -2.23. The Labute approximate surface area is 120 Å². The molecule has 0 radical (unpaired) electrons. The molecule has 0 bridgehead atoms. The fourth-order valence-corrected chi connectivity index (χ4v) is 2.89. The molecular formula is C12H21N3O2S2. The molecule has 1 heterocycles. The Bertz CT molecular complexity index is 407. The van der Waals surface area contributed by atoms with Crippen LogP contribution >= 0.6 is 11.3 Å². The van der Waals surface area contributed by atoms with E-state index in [-0.39, 0.29) is 12.1 Å². The van der Waals surface area contributed by atoms with E-state index >= 15 is 0 Å². The van der Waals surface area contributed by atoms with Gasteiger partial charge in [0.25, 0.3) is 0 Å². The number of thiophene rings is 1. The lowest BCUT2D eigenvalue weighted by atomic mass is 10.2. The molecule has 0 spiro atoms. The van der Waals surface area contributed by atoms with Crippen molar-refractivity contribution in [2.45, 2.75) is 6.04 Å². The number of hydrogen-bond donors (Lipinski definition) is 2. The van der Waals surface area contributed by atoms with Gasteiger partial charge in [0.15, 0.2) is 0 Å². The standard InChI is InChI=1S/C12H21N3O2S2/c1-15(2)10(11-5-4-7-18-11)9-14-12(16)13-6-8-19(3)17/h4-5,7,10H,6,8-9H2,1-3H3,(H2,13,14,16). The second kappa shape index (κ2) is 8.29. The Morgan fingerprint density at radius 3 is 2.74 bits per heavy atom. The molecule has 0 saturated heterocycles. The number of carbonyl (C=O) groups is 1. The van der Waals surface area contributed by atoms with Crippen molar-refractivity contribution in [2.24, 2.45) is 0 Å². The quantitative estimate of drug-likeness (QED) is 0.791. The van der Waals surface area contributed by atoms with Crippen molar-refractivity contribution in [1.82, 2.24) is 15.5 Å². The molecule has 0 aliphatic heterocycles. The zero-order valence-corrected chi connectivity index (χ0v) is 13.1. The largest absolute Gasteiger partial charge is 0.337 e. The number of carbonyl (C=O) groups excluding carboxylic acids is 1. The Kier molecular flexibility index (Phi) is 7.04. The van der Waals surface area contributed by atoms with Crippen LogP contribution in [-0.2, 0) is 10.8 Å². The minimum Gasteiger partial charge on any atom is -0.337 e. The third kappa shape index (κ3) is 6.17. The van der Waals surface area contributed by atoms with Crippen LogP contribution in [0.15, 0.2) is 17.5 Å². The van der Waals surface area contributed by atoms with Crippen molar-refractivity contribution in [2.75, 3.05) is 39.2 Å². The number of urea groups is 1. The van der Waals surface area contributed by atoms with Crippen molar-refractivity contribution in [3.05, 3.63) is 22.4 Å². The Balaban J connectivity index is 2.36. The van der Waals surface area contributed by atoms with Gasteiger partial charge >= 0.3 is 6.03 Å². The summed E-state index contributed by atoms with van der Waals surface area (Å²) in [5.74, 6) is 0.482. The Hall–Kier alpha value is -0.920. The fourth-order valence-electron chi connectivity index (χ4n) is 1.58. The molecule has 0 saturated carbocycles. The number of likely N-dealkylation sites (N-methyl/N-ethyl adjacent to an activating group) is 1. The van der Waals surface area contributed by atoms with E-state index in [9.17, 15) is 9.00 Å². The van der Waals surface area contributed by atoms with E-state index in [1.807, 2.05) is 25.5 Å².